The summed E-state index contributed by atoms with van der Waals surface area (Å²) >= 11 is 4.62. The second kappa shape index (κ2) is 6.51. The van der Waals surface area contributed by atoms with Crippen molar-refractivity contribution in [2.75, 3.05) is 12.8 Å². The van der Waals surface area contributed by atoms with Gasteiger partial charge in [-0.05, 0) is 24.0 Å². The predicted molar refractivity (Wildman–Crippen MR) is 75.7 cm³/mol. The SMILES string of the molecule is CSc1nnc(SC(CN)c2cccc(F)c2)s1. The smallest absolute Gasteiger partial charge is 0.175 e. The van der Waals surface area contributed by atoms with E-state index in [2.05, 4.69) is 10.2 Å². The number of hydrogen-bond acceptors (Lipinski definition) is 6. The van der Waals surface area contributed by atoms with Gasteiger partial charge in [-0.15, -0.1) is 10.2 Å². The third-order valence-corrected chi connectivity index (χ3v) is 5.50. The molecule has 1 aromatic carbocycles. The first-order chi connectivity index (χ1) is 8.72. The highest BCUT2D eigenvalue weighted by Gasteiger charge is 2.15. The normalized spacial score (nSPS) is 12.6. The molecule has 0 aliphatic heterocycles. The molecule has 7 heteroatoms. The molecule has 0 spiro atoms. The predicted octanol–water partition coefficient (Wildman–Crippen LogP) is 3.19. The van der Waals surface area contributed by atoms with Gasteiger partial charge in [-0.3, -0.25) is 0 Å². The first kappa shape index (κ1) is 13.8. The van der Waals surface area contributed by atoms with Crippen LogP contribution in [0, 0.1) is 5.82 Å². The fourth-order valence-electron chi connectivity index (χ4n) is 1.41. The zero-order valence-corrected chi connectivity index (χ0v) is 12.1. The first-order valence-corrected chi connectivity index (χ1v) is 8.14. The molecule has 0 bridgehead atoms. The van der Waals surface area contributed by atoms with Crippen molar-refractivity contribution in [2.24, 2.45) is 5.73 Å². The highest BCUT2D eigenvalue weighted by atomic mass is 32.2. The topological polar surface area (TPSA) is 51.8 Å². The van der Waals surface area contributed by atoms with Gasteiger partial charge in [0.05, 0.1) is 0 Å². The molecule has 1 aromatic heterocycles. The van der Waals surface area contributed by atoms with E-state index >= 15 is 0 Å². The Morgan fingerprint density at radius 2 is 2.17 bits per heavy atom. The Bertz CT molecular complexity index is 518. The summed E-state index contributed by atoms with van der Waals surface area (Å²) < 4.78 is 15.0. The molecule has 0 saturated heterocycles. The maximum absolute atomic E-state index is 13.2. The molecule has 2 N–H and O–H groups in total. The average Bonchev–Trinajstić information content (AvgIpc) is 2.83. The van der Waals surface area contributed by atoms with Crippen molar-refractivity contribution in [1.82, 2.24) is 10.2 Å². The van der Waals surface area contributed by atoms with E-state index in [-0.39, 0.29) is 11.1 Å². The molecule has 1 heterocycles. The summed E-state index contributed by atoms with van der Waals surface area (Å²) in [6, 6.07) is 6.52. The molecule has 0 fully saturated rings. The second-order valence-electron chi connectivity index (χ2n) is 3.44. The number of aromatic nitrogens is 2. The summed E-state index contributed by atoms with van der Waals surface area (Å²) in [5.41, 5.74) is 6.63. The summed E-state index contributed by atoms with van der Waals surface area (Å²) in [5, 5.41) is 8.12. The van der Waals surface area contributed by atoms with Gasteiger partial charge in [0, 0.05) is 11.8 Å². The van der Waals surface area contributed by atoms with Crippen LogP contribution in [0.2, 0.25) is 0 Å². The van der Waals surface area contributed by atoms with E-state index in [1.54, 1.807) is 17.8 Å². The summed E-state index contributed by atoms with van der Waals surface area (Å²) in [7, 11) is 0. The van der Waals surface area contributed by atoms with Crippen LogP contribution in [0.3, 0.4) is 0 Å². The Balaban J connectivity index is 2.14. The second-order valence-corrected chi connectivity index (χ2v) is 6.92. The standard InChI is InChI=1S/C11H12FN3S3/c1-16-10-14-15-11(18-10)17-9(6-13)7-3-2-4-8(12)5-7/h2-5,9H,6,13H2,1H3. The van der Waals surface area contributed by atoms with E-state index in [1.807, 2.05) is 12.3 Å². The number of nitrogens with zero attached hydrogens (tertiary/aromatic N) is 2. The summed E-state index contributed by atoms with van der Waals surface area (Å²) in [5.74, 6) is -0.242. The molecule has 0 saturated carbocycles. The van der Waals surface area contributed by atoms with Crippen LogP contribution in [0.15, 0.2) is 32.9 Å². The highest BCUT2D eigenvalue weighted by molar-refractivity contribution is 8.03. The first-order valence-electron chi connectivity index (χ1n) is 5.22. The van der Waals surface area contributed by atoms with E-state index < -0.39 is 0 Å². The molecule has 1 atom stereocenters. The van der Waals surface area contributed by atoms with E-state index in [0.29, 0.717) is 6.54 Å². The molecule has 0 aliphatic rings. The summed E-state index contributed by atoms with van der Waals surface area (Å²) in [6.07, 6.45) is 1.96. The van der Waals surface area contributed by atoms with Gasteiger partial charge in [0.2, 0.25) is 0 Å². The molecule has 96 valence electrons. The zero-order chi connectivity index (χ0) is 13.0. The van der Waals surface area contributed by atoms with Gasteiger partial charge >= 0.3 is 0 Å². The third kappa shape index (κ3) is 3.44. The fraction of sp³-hybridized carbons (Fsp3) is 0.273. The zero-order valence-electron chi connectivity index (χ0n) is 9.67. The van der Waals surface area contributed by atoms with Crippen LogP contribution in [0.1, 0.15) is 10.8 Å². The molecule has 0 amide bonds. The van der Waals surface area contributed by atoms with Crippen molar-refractivity contribution in [2.45, 2.75) is 13.9 Å². The Hall–Kier alpha value is -0.630. The van der Waals surface area contributed by atoms with Gasteiger partial charge in [-0.25, -0.2) is 4.39 Å². The van der Waals surface area contributed by atoms with Crippen LogP contribution in [-0.2, 0) is 0 Å². The molecule has 3 nitrogen and oxygen atoms in total. The van der Waals surface area contributed by atoms with E-state index in [4.69, 9.17) is 5.73 Å². The molecular formula is C11H12FN3S3. The molecule has 2 aromatic rings. The van der Waals surface area contributed by atoms with Gasteiger partial charge < -0.3 is 5.73 Å². The molecule has 0 radical (unpaired) electrons. The van der Waals surface area contributed by atoms with Crippen LogP contribution in [-0.4, -0.2) is 23.0 Å². The van der Waals surface area contributed by atoms with Gasteiger partial charge in [-0.1, -0.05) is 47.0 Å². The van der Waals surface area contributed by atoms with Crippen LogP contribution in [0.4, 0.5) is 4.39 Å². The van der Waals surface area contributed by atoms with E-state index in [0.717, 1.165) is 14.2 Å². The number of rotatable bonds is 5. The average molecular weight is 301 g/mol. The number of nitrogens with two attached hydrogens (primary N) is 1. The van der Waals surface area contributed by atoms with Gasteiger partial charge in [0.15, 0.2) is 8.68 Å². The molecule has 2 rings (SSSR count). The Labute approximate surface area is 117 Å². The number of thioether (sulfide) groups is 2. The monoisotopic (exact) mass is 301 g/mol. The van der Waals surface area contributed by atoms with Crippen LogP contribution in [0.25, 0.3) is 0 Å². The minimum Gasteiger partial charge on any atom is -0.329 e. The molecule has 1 unspecified atom stereocenters. The lowest BCUT2D eigenvalue weighted by Gasteiger charge is -2.12. The van der Waals surface area contributed by atoms with Gasteiger partial charge in [-0.2, -0.15) is 0 Å². The number of benzene rings is 1. The maximum Gasteiger partial charge on any atom is 0.175 e. The third-order valence-electron chi connectivity index (χ3n) is 2.24. The minimum absolute atomic E-state index is 0.00311. The summed E-state index contributed by atoms with van der Waals surface area (Å²) in [4.78, 5) is 0. The van der Waals surface area contributed by atoms with Crippen molar-refractivity contribution < 1.29 is 4.39 Å². The van der Waals surface area contributed by atoms with Crippen molar-refractivity contribution in [3.63, 3.8) is 0 Å². The summed E-state index contributed by atoms with van der Waals surface area (Å²) in [6.45, 7) is 0.433. The van der Waals surface area contributed by atoms with Crippen LogP contribution in [0.5, 0.6) is 0 Å². The number of hydrogen-bond donors (Lipinski definition) is 1. The Morgan fingerprint density at radius 1 is 1.39 bits per heavy atom. The molecule has 0 aliphatic carbocycles. The van der Waals surface area contributed by atoms with Gasteiger partial charge in [0.25, 0.3) is 0 Å². The van der Waals surface area contributed by atoms with Crippen molar-refractivity contribution >= 4 is 34.9 Å². The molecular weight excluding hydrogens is 289 g/mol. The Morgan fingerprint density at radius 3 is 2.78 bits per heavy atom. The van der Waals surface area contributed by atoms with E-state index in [9.17, 15) is 4.39 Å². The lowest BCUT2D eigenvalue weighted by atomic mass is 10.1. The van der Waals surface area contributed by atoms with Crippen molar-refractivity contribution in [3.05, 3.63) is 35.6 Å². The fourth-order valence-corrected chi connectivity index (χ4v) is 4.06. The quantitative estimate of drug-likeness (QED) is 0.860. The lowest BCUT2D eigenvalue weighted by molar-refractivity contribution is 0.625. The highest BCUT2D eigenvalue weighted by Crippen LogP contribution is 2.37. The van der Waals surface area contributed by atoms with Gasteiger partial charge in [0.1, 0.15) is 5.82 Å². The Kier molecular flexibility index (Phi) is 4.99. The van der Waals surface area contributed by atoms with E-state index in [1.165, 1.54) is 35.2 Å². The lowest BCUT2D eigenvalue weighted by Crippen LogP contribution is -2.09. The maximum atomic E-state index is 13.2. The minimum atomic E-state index is -0.242. The number of halogens is 1. The van der Waals surface area contributed by atoms with Crippen LogP contribution >= 0.6 is 34.9 Å². The van der Waals surface area contributed by atoms with Crippen LogP contribution < -0.4 is 5.73 Å². The molecule has 18 heavy (non-hydrogen) atoms. The van der Waals surface area contributed by atoms with Crippen molar-refractivity contribution in [1.29, 1.82) is 0 Å². The van der Waals surface area contributed by atoms with Crippen molar-refractivity contribution in [3.8, 4) is 0 Å². The largest absolute Gasteiger partial charge is 0.329 e.